The van der Waals surface area contributed by atoms with Crippen molar-refractivity contribution in [3.8, 4) is 0 Å². The molecule has 0 aliphatic heterocycles. The number of nitrogens with one attached hydrogen (secondary N) is 1. The first-order valence-corrected chi connectivity index (χ1v) is 5.86. The highest BCUT2D eigenvalue weighted by Crippen LogP contribution is 2.00. The minimum absolute atomic E-state index is 0.750. The summed E-state index contributed by atoms with van der Waals surface area (Å²) in [6.07, 6.45) is 6.27. The van der Waals surface area contributed by atoms with Gasteiger partial charge in [-0.15, -0.1) is 0 Å². The lowest BCUT2D eigenvalue weighted by atomic mass is 10.3. The Balaban J connectivity index is 1.84. The molecule has 2 rings (SSSR count). The highest BCUT2D eigenvalue weighted by atomic mass is 15.3. The van der Waals surface area contributed by atoms with Crippen LogP contribution in [0.25, 0.3) is 0 Å². The molecule has 0 aromatic carbocycles. The summed E-state index contributed by atoms with van der Waals surface area (Å²) in [5.74, 6) is 0. The third kappa shape index (κ3) is 3.35. The van der Waals surface area contributed by atoms with E-state index in [1.54, 1.807) is 12.5 Å². The van der Waals surface area contributed by atoms with Crippen LogP contribution in [0.2, 0.25) is 0 Å². The highest BCUT2D eigenvalue weighted by molar-refractivity contribution is 5.01. The van der Waals surface area contributed by atoms with Gasteiger partial charge in [-0.1, -0.05) is 6.92 Å². The van der Waals surface area contributed by atoms with Gasteiger partial charge in [0.1, 0.15) is 6.33 Å². The molecule has 2 aromatic rings. The van der Waals surface area contributed by atoms with Gasteiger partial charge in [0.2, 0.25) is 0 Å². The molecule has 0 amide bonds. The van der Waals surface area contributed by atoms with E-state index in [4.69, 9.17) is 0 Å². The van der Waals surface area contributed by atoms with E-state index >= 15 is 0 Å². The monoisotopic (exact) mass is 231 g/mol. The molecule has 0 bridgehead atoms. The van der Waals surface area contributed by atoms with Gasteiger partial charge in [-0.2, -0.15) is 5.10 Å². The molecule has 2 aromatic heterocycles. The second-order valence-corrected chi connectivity index (χ2v) is 3.85. The fraction of sp³-hybridized carbons (Fsp3) is 0.417. The second kappa shape index (κ2) is 6.10. The highest BCUT2D eigenvalue weighted by Gasteiger charge is 2.01. The molecule has 90 valence electrons. The summed E-state index contributed by atoms with van der Waals surface area (Å²) in [6.45, 7) is 4.68. The molecule has 0 spiro atoms. The topological polar surface area (TPSA) is 55.6 Å². The predicted octanol–water partition coefficient (Wildman–Crippen LogP) is 1.37. The molecule has 0 aliphatic carbocycles. The SMILES string of the molecule is CCCn1nccc1CNCc1ccncn1. The van der Waals surface area contributed by atoms with Crippen LogP contribution in [-0.2, 0) is 19.6 Å². The lowest BCUT2D eigenvalue weighted by Crippen LogP contribution is -2.17. The van der Waals surface area contributed by atoms with Crippen LogP contribution in [0.3, 0.4) is 0 Å². The van der Waals surface area contributed by atoms with Crippen molar-refractivity contribution in [2.75, 3.05) is 0 Å². The summed E-state index contributed by atoms with van der Waals surface area (Å²) < 4.78 is 2.03. The molecule has 5 nitrogen and oxygen atoms in total. The van der Waals surface area contributed by atoms with Crippen molar-refractivity contribution < 1.29 is 0 Å². The molecule has 0 atom stereocenters. The molecule has 0 radical (unpaired) electrons. The van der Waals surface area contributed by atoms with Crippen LogP contribution in [-0.4, -0.2) is 19.7 Å². The van der Waals surface area contributed by atoms with Gasteiger partial charge in [0.25, 0.3) is 0 Å². The summed E-state index contributed by atoms with van der Waals surface area (Å²) in [7, 11) is 0. The van der Waals surface area contributed by atoms with Crippen molar-refractivity contribution in [3.05, 3.63) is 42.2 Å². The van der Waals surface area contributed by atoms with Crippen LogP contribution in [0.15, 0.2) is 30.9 Å². The largest absolute Gasteiger partial charge is 0.306 e. The van der Waals surface area contributed by atoms with Gasteiger partial charge in [-0.3, -0.25) is 4.68 Å². The number of aromatic nitrogens is 4. The van der Waals surface area contributed by atoms with E-state index in [1.165, 1.54) is 5.69 Å². The average Bonchev–Trinajstić information content (AvgIpc) is 2.79. The Morgan fingerprint density at radius 3 is 2.94 bits per heavy atom. The molecule has 17 heavy (non-hydrogen) atoms. The van der Waals surface area contributed by atoms with Crippen molar-refractivity contribution in [1.29, 1.82) is 0 Å². The molecule has 0 saturated heterocycles. The summed E-state index contributed by atoms with van der Waals surface area (Å²) in [5, 5.41) is 7.63. The minimum atomic E-state index is 0.750. The number of hydrogen-bond acceptors (Lipinski definition) is 4. The lowest BCUT2D eigenvalue weighted by Gasteiger charge is -2.07. The van der Waals surface area contributed by atoms with E-state index in [2.05, 4.69) is 27.3 Å². The summed E-state index contributed by atoms with van der Waals surface area (Å²) in [6, 6.07) is 3.96. The molecule has 0 fully saturated rings. The van der Waals surface area contributed by atoms with Gasteiger partial charge in [0, 0.05) is 32.0 Å². The number of hydrogen-bond donors (Lipinski definition) is 1. The van der Waals surface area contributed by atoms with E-state index in [1.807, 2.05) is 23.0 Å². The molecule has 0 saturated carbocycles. The minimum Gasteiger partial charge on any atom is -0.306 e. The maximum absolute atomic E-state index is 4.28. The molecule has 0 aliphatic rings. The maximum Gasteiger partial charge on any atom is 0.115 e. The first-order valence-electron chi connectivity index (χ1n) is 5.86. The first-order chi connectivity index (χ1) is 8.40. The zero-order valence-electron chi connectivity index (χ0n) is 10.0. The molecular weight excluding hydrogens is 214 g/mol. The zero-order chi connectivity index (χ0) is 11.9. The van der Waals surface area contributed by atoms with Crippen molar-refractivity contribution in [3.63, 3.8) is 0 Å². The van der Waals surface area contributed by atoms with Crippen molar-refractivity contribution in [2.24, 2.45) is 0 Å². The Labute approximate surface area is 101 Å². The smallest absolute Gasteiger partial charge is 0.115 e. The normalized spacial score (nSPS) is 10.6. The Hall–Kier alpha value is -1.75. The third-order valence-corrected chi connectivity index (χ3v) is 2.50. The second-order valence-electron chi connectivity index (χ2n) is 3.85. The third-order valence-electron chi connectivity index (χ3n) is 2.50. The van der Waals surface area contributed by atoms with Crippen LogP contribution in [0.4, 0.5) is 0 Å². The van der Waals surface area contributed by atoms with E-state index in [0.29, 0.717) is 0 Å². The van der Waals surface area contributed by atoms with Gasteiger partial charge in [-0.05, 0) is 18.6 Å². The van der Waals surface area contributed by atoms with Crippen LogP contribution in [0.1, 0.15) is 24.7 Å². The fourth-order valence-electron chi connectivity index (χ4n) is 1.66. The van der Waals surface area contributed by atoms with Crippen molar-refractivity contribution >= 4 is 0 Å². The standard InChI is InChI=1S/C12H17N5/c1-2-7-17-12(4-6-16-17)9-14-8-11-3-5-13-10-15-11/h3-6,10,14H,2,7-9H2,1H3. The molecule has 2 heterocycles. The molecule has 5 heteroatoms. The van der Waals surface area contributed by atoms with E-state index in [0.717, 1.165) is 31.7 Å². The van der Waals surface area contributed by atoms with Crippen LogP contribution in [0.5, 0.6) is 0 Å². The van der Waals surface area contributed by atoms with Gasteiger partial charge in [-0.25, -0.2) is 9.97 Å². The van der Waals surface area contributed by atoms with Gasteiger partial charge in [0.15, 0.2) is 0 Å². The summed E-state index contributed by atoms with van der Waals surface area (Å²) in [4.78, 5) is 8.05. The van der Waals surface area contributed by atoms with Crippen LogP contribution >= 0.6 is 0 Å². The van der Waals surface area contributed by atoms with E-state index < -0.39 is 0 Å². The fourth-order valence-corrected chi connectivity index (χ4v) is 1.66. The number of nitrogens with zero attached hydrogens (tertiary/aromatic N) is 4. The zero-order valence-corrected chi connectivity index (χ0v) is 10.0. The quantitative estimate of drug-likeness (QED) is 0.816. The number of aryl methyl sites for hydroxylation is 1. The molecule has 0 unspecified atom stereocenters. The van der Waals surface area contributed by atoms with Gasteiger partial charge >= 0.3 is 0 Å². The van der Waals surface area contributed by atoms with Crippen LogP contribution < -0.4 is 5.32 Å². The van der Waals surface area contributed by atoms with Crippen LogP contribution in [0, 0.1) is 0 Å². The Kier molecular flexibility index (Phi) is 4.21. The Morgan fingerprint density at radius 2 is 2.18 bits per heavy atom. The number of rotatable bonds is 6. The van der Waals surface area contributed by atoms with Crippen molar-refractivity contribution in [1.82, 2.24) is 25.1 Å². The summed E-state index contributed by atoms with van der Waals surface area (Å²) >= 11 is 0. The average molecular weight is 231 g/mol. The Morgan fingerprint density at radius 1 is 1.24 bits per heavy atom. The predicted molar refractivity (Wildman–Crippen MR) is 65.1 cm³/mol. The van der Waals surface area contributed by atoms with Gasteiger partial charge < -0.3 is 5.32 Å². The Bertz CT molecular complexity index is 437. The molecular formula is C12H17N5. The maximum atomic E-state index is 4.28. The van der Waals surface area contributed by atoms with E-state index in [-0.39, 0.29) is 0 Å². The first kappa shape index (κ1) is 11.7. The van der Waals surface area contributed by atoms with E-state index in [9.17, 15) is 0 Å². The summed E-state index contributed by atoms with van der Waals surface area (Å²) in [5.41, 5.74) is 2.21. The lowest BCUT2D eigenvalue weighted by molar-refractivity contribution is 0.547. The molecule has 1 N–H and O–H groups in total. The van der Waals surface area contributed by atoms with Gasteiger partial charge in [0.05, 0.1) is 11.4 Å². The van der Waals surface area contributed by atoms with Crippen molar-refractivity contribution in [2.45, 2.75) is 33.0 Å².